The molecule has 148 valence electrons. The van der Waals surface area contributed by atoms with E-state index in [4.69, 9.17) is 4.74 Å². The van der Waals surface area contributed by atoms with Crippen LogP contribution in [0.2, 0.25) is 0 Å². The van der Waals surface area contributed by atoms with Crippen LogP contribution in [0.4, 0.5) is 0 Å². The Morgan fingerprint density at radius 2 is 2.07 bits per heavy atom. The van der Waals surface area contributed by atoms with E-state index in [1.807, 2.05) is 30.0 Å². The topological polar surface area (TPSA) is 45.7 Å². The molecule has 2 aliphatic heterocycles. The van der Waals surface area contributed by atoms with Crippen molar-refractivity contribution in [2.24, 2.45) is 0 Å². The van der Waals surface area contributed by atoms with Gasteiger partial charge in [0.05, 0.1) is 12.1 Å². The fourth-order valence-electron chi connectivity index (χ4n) is 4.17. The first kappa shape index (κ1) is 18.9. The van der Waals surface area contributed by atoms with E-state index < -0.39 is 0 Å². The molecule has 0 spiro atoms. The maximum absolute atomic E-state index is 12.9. The summed E-state index contributed by atoms with van der Waals surface area (Å²) in [5.74, 6) is 1.20. The van der Waals surface area contributed by atoms with Gasteiger partial charge in [-0.2, -0.15) is 0 Å². The molecule has 0 saturated carbocycles. The van der Waals surface area contributed by atoms with Crippen LogP contribution in [0.15, 0.2) is 36.4 Å². The molecule has 1 aromatic carbocycles. The van der Waals surface area contributed by atoms with Crippen LogP contribution in [0.1, 0.15) is 35.9 Å². The van der Waals surface area contributed by atoms with Gasteiger partial charge in [0, 0.05) is 44.8 Å². The van der Waals surface area contributed by atoms with Crippen LogP contribution < -0.4 is 4.74 Å². The smallest absolute Gasteiger partial charge is 0.227 e. The maximum Gasteiger partial charge on any atom is 0.227 e. The Labute approximate surface area is 167 Å². The zero-order valence-electron chi connectivity index (χ0n) is 16.9. The van der Waals surface area contributed by atoms with Crippen LogP contribution in [0.5, 0.6) is 5.75 Å². The fraction of sp³-hybridized carbons (Fsp3) is 0.478. The van der Waals surface area contributed by atoms with Crippen LogP contribution in [0.3, 0.4) is 0 Å². The van der Waals surface area contributed by atoms with E-state index in [-0.39, 0.29) is 12.0 Å². The summed E-state index contributed by atoms with van der Waals surface area (Å²) in [5, 5.41) is 0. The van der Waals surface area contributed by atoms with Gasteiger partial charge in [-0.1, -0.05) is 18.2 Å². The predicted octanol–water partition coefficient (Wildman–Crippen LogP) is 2.99. The number of aromatic nitrogens is 1. The van der Waals surface area contributed by atoms with E-state index in [0.717, 1.165) is 68.3 Å². The van der Waals surface area contributed by atoms with Crippen molar-refractivity contribution < 1.29 is 9.53 Å². The third kappa shape index (κ3) is 4.53. The quantitative estimate of drug-likeness (QED) is 0.819. The number of aryl methyl sites for hydroxylation is 1. The number of hydrogen-bond acceptors (Lipinski definition) is 4. The number of fused-ring (bicyclic) bond motifs is 1. The number of benzene rings is 1. The number of ether oxygens (including phenoxy) is 1. The van der Waals surface area contributed by atoms with Gasteiger partial charge in [0.2, 0.25) is 5.91 Å². The molecule has 1 amide bonds. The summed E-state index contributed by atoms with van der Waals surface area (Å²) in [5.41, 5.74) is 4.48. The van der Waals surface area contributed by atoms with Crippen molar-refractivity contribution in [1.82, 2.24) is 14.8 Å². The van der Waals surface area contributed by atoms with Gasteiger partial charge in [0.25, 0.3) is 0 Å². The standard InChI is InChI=1S/C23H29N3O2/c1-17-5-3-6-21(24-17)16-25-9-4-10-26(12-11-25)23(27)15-19-7-8-22-20(14-19)13-18(2)28-22/h3,5-8,14,18H,4,9-13,15-16H2,1-2H3/t18-/m1/s1. The Balaban J connectivity index is 1.33. The van der Waals surface area contributed by atoms with E-state index in [9.17, 15) is 4.79 Å². The second kappa shape index (κ2) is 8.31. The van der Waals surface area contributed by atoms with Crippen molar-refractivity contribution in [3.8, 4) is 5.75 Å². The molecule has 28 heavy (non-hydrogen) atoms. The molecule has 5 heteroatoms. The lowest BCUT2D eigenvalue weighted by molar-refractivity contribution is -0.130. The van der Waals surface area contributed by atoms with Gasteiger partial charge in [-0.3, -0.25) is 14.7 Å². The van der Waals surface area contributed by atoms with Gasteiger partial charge in [0.1, 0.15) is 11.9 Å². The lowest BCUT2D eigenvalue weighted by Gasteiger charge is -2.22. The van der Waals surface area contributed by atoms with E-state index in [1.165, 1.54) is 5.56 Å². The fourth-order valence-corrected chi connectivity index (χ4v) is 4.17. The first-order valence-corrected chi connectivity index (χ1v) is 10.3. The number of carbonyl (C=O) groups is 1. The summed E-state index contributed by atoms with van der Waals surface area (Å²) in [4.78, 5) is 21.9. The molecule has 1 aromatic heterocycles. The molecule has 3 heterocycles. The third-order valence-corrected chi connectivity index (χ3v) is 5.59. The van der Waals surface area contributed by atoms with Crippen LogP contribution >= 0.6 is 0 Å². The molecule has 4 rings (SSSR count). The van der Waals surface area contributed by atoms with Crippen molar-refractivity contribution in [2.45, 2.75) is 45.8 Å². The summed E-state index contributed by atoms with van der Waals surface area (Å²) in [6.07, 6.45) is 2.65. The average Bonchev–Trinajstić information content (AvgIpc) is 2.87. The minimum absolute atomic E-state index is 0.224. The lowest BCUT2D eigenvalue weighted by Crippen LogP contribution is -2.36. The first-order valence-electron chi connectivity index (χ1n) is 10.3. The van der Waals surface area contributed by atoms with E-state index in [2.05, 4.69) is 35.0 Å². The Morgan fingerprint density at radius 3 is 2.93 bits per heavy atom. The van der Waals surface area contributed by atoms with Crippen LogP contribution in [0, 0.1) is 6.92 Å². The van der Waals surface area contributed by atoms with Gasteiger partial charge < -0.3 is 9.64 Å². The molecule has 2 aliphatic rings. The molecular formula is C23H29N3O2. The number of hydrogen-bond donors (Lipinski definition) is 0. The minimum atomic E-state index is 0.224. The largest absolute Gasteiger partial charge is 0.490 e. The van der Waals surface area contributed by atoms with Crippen molar-refractivity contribution >= 4 is 5.91 Å². The molecule has 0 N–H and O–H groups in total. The van der Waals surface area contributed by atoms with Crippen molar-refractivity contribution in [3.05, 3.63) is 58.9 Å². The summed E-state index contributed by atoms with van der Waals surface area (Å²) in [7, 11) is 0. The Kier molecular flexibility index (Phi) is 5.62. The van der Waals surface area contributed by atoms with Crippen molar-refractivity contribution in [2.75, 3.05) is 26.2 Å². The zero-order chi connectivity index (χ0) is 19.5. The minimum Gasteiger partial charge on any atom is -0.490 e. The molecule has 1 fully saturated rings. The highest BCUT2D eigenvalue weighted by atomic mass is 16.5. The summed E-state index contributed by atoms with van der Waals surface area (Å²) in [6.45, 7) is 8.49. The molecule has 0 aliphatic carbocycles. The van der Waals surface area contributed by atoms with E-state index in [0.29, 0.717) is 6.42 Å². The summed E-state index contributed by atoms with van der Waals surface area (Å²) in [6, 6.07) is 12.4. The Hall–Kier alpha value is -2.40. The highest BCUT2D eigenvalue weighted by Gasteiger charge is 2.22. The Bertz CT molecular complexity index is 851. The molecule has 0 radical (unpaired) electrons. The molecular weight excluding hydrogens is 350 g/mol. The van der Waals surface area contributed by atoms with Crippen molar-refractivity contribution in [3.63, 3.8) is 0 Å². The first-order chi connectivity index (χ1) is 13.6. The van der Waals surface area contributed by atoms with Gasteiger partial charge in [-0.15, -0.1) is 0 Å². The molecule has 2 aromatic rings. The van der Waals surface area contributed by atoms with Crippen LogP contribution in [-0.4, -0.2) is 53.0 Å². The normalized spacial score (nSPS) is 19.8. The SMILES string of the molecule is Cc1cccc(CN2CCCN(C(=O)Cc3ccc4c(c3)C[C@@H](C)O4)CC2)n1. The van der Waals surface area contributed by atoms with Gasteiger partial charge >= 0.3 is 0 Å². The van der Waals surface area contributed by atoms with Gasteiger partial charge in [0.15, 0.2) is 0 Å². The zero-order valence-corrected chi connectivity index (χ0v) is 16.9. The monoisotopic (exact) mass is 379 g/mol. The predicted molar refractivity (Wildman–Crippen MR) is 109 cm³/mol. The second-order valence-corrected chi connectivity index (χ2v) is 8.03. The van der Waals surface area contributed by atoms with E-state index >= 15 is 0 Å². The lowest BCUT2D eigenvalue weighted by atomic mass is 10.0. The Morgan fingerprint density at radius 1 is 1.18 bits per heavy atom. The maximum atomic E-state index is 12.9. The highest BCUT2D eigenvalue weighted by Crippen LogP contribution is 2.29. The second-order valence-electron chi connectivity index (χ2n) is 8.03. The molecule has 0 unspecified atom stereocenters. The van der Waals surface area contributed by atoms with Gasteiger partial charge in [-0.05, 0) is 49.6 Å². The molecule has 0 bridgehead atoms. The molecule has 1 atom stereocenters. The van der Waals surface area contributed by atoms with Crippen molar-refractivity contribution in [1.29, 1.82) is 0 Å². The number of pyridine rings is 1. The molecule has 1 saturated heterocycles. The molecule has 5 nitrogen and oxygen atoms in total. The van der Waals surface area contributed by atoms with E-state index in [1.54, 1.807) is 0 Å². The number of carbonyl (C=O) groups excluding carboxylic acids is 1. The van der Waals surface area contributed by atoms with Gasteiger partial charge in [-0.25, -0.2) is 0 Å². The summed E-state index contributed by atoms with van der Waals surface area (Å²) < 4.78 is 5.76. The summed E-state index contributed by atoms with van der Waals surface area (Å²) >= 11 is 0. The third-order valence-electron chi connectivity index (χ3n) is 5.59. The van der Waals surface area contributed by atoms with Crippen LogP contribution in [0.25, 0.3) is 0 Å². The highest BCUT2D eigenvalue weighted by molar-refractivity contribution is 5.79. The van der Waals surface area contributed by atoms with Crippen LogP contribution in [-0.2, 0) is 24.2 Å². The number of nitrogens with zero attached hydrogens (tertiary/aromatic N) is 3. The average molecular weight is 380 g/mol. The number of amides is 1. The number of rotatable bonds is 4.